The second-order valence-electron chi connectivity index (χ2n) is 5.69. The SMILES string of the molecule is COC(=O)C(CN1CC(C)C(C)C1)NC1CC1. The topological polar surface area (TPSA) is 41.6 Å². The molecule has 2 fully saturated rings. The lowest BCUT2D eigenvalue weighted by atomic mass is 10.0. The highest BCUT2D eigenvalue weighted by atomic mass is 16.5. The van der Waals surface area contributed by atoms with Crippen LogP contribution in [-0.2, 0) is 9.53 Å². The third-order valence-corrected chi connectivity index (χ3v) is 4.00. The molecule has 98 valence electrons. The third-order valence-electron chi connectivity index (χ3n) is 4.00. The molecule has 2 aliphatic rings. The summed E-state index contributed by atoms with van der Waals surface area (Å²) in [7, 11) is 1.47. The molecule has 0 amide bonds. The summed E-state index contributed by atoms with van der Waals surface area (Å²) in [6.45, 7) is 7.55. The van der Waals surface area contributed by atoms with Crippen LogP contribution in [0.3, 0.4) is 0 Å². The lowest BCUT2D eigenvalue weighted by molar-refractivity contribution is -0.143. The molecule has 0 aromatic rings. The molecule has 1 heterocycles. The van der Waals surface area contributed by atoms with Crippen LogP contribution in [0.25, 0.3) is 0 Å². The van der Waals surface area contributed by atoms with Crippen LogP contribution < -0.4 is 5.32 Å². The van der Waals surface area contributed by atoms with Crippen LogP contribution in [0.1, 0.15) is 26.7 Å². The van der Waals surface area contributed by atoms with Gasteiger partial charge in [0.15, 0.2) is 0 Å². The summed E-state index contributed by atoms with van der Waals surface area (Å²) in [5.41, 5.74) is 0. The van der Waals surface area contributed by atoms with E-state index in [9.17, 15) is 4.79 Å². The third kappa shape index (κ3) is 3.42. The van der Waals surface area contributed by atoms with E-state index < -0.39 is 0 Å². The number of likely N-dealkylation sites (tertiary alicyclic amines) is 1. The second kappa shape index (κ2) is 5.36. The molecule has 4 heteroatoms. The van der Waals surface area contributed by atoms with Gasteiger partial charge in [-0.2, -0.15) is 0 Å². The van der Waals surface area contributed by atoms with Crippen molar-refractivity contribution in [3.63, 3.8) is 0 Å². The number of nitrogens with one attached hydrogen (secondary N) is 1. The maximum Gasteiger partial charge on any atom is 0.324 e. The first kappa shape index (κ1) is 12.8. The number of esters is 1. The Morgan fingerprint density at radius 3 is 2.41 bits per heavy atom. The fourth-order valence-corrected chi connectivity index (χ4v) is 2.53. The van der Waals surface area contributed by atoms with Gasteiger partial charge in [0.25, 0.3) is 0 Å². The Hall–Kier alpha value is -0.610. The lowest BCUT2D eigenvalue weighted by Crippen LogP contribution is -2.47. The lowest BCUT2D eigenvalue weighted by Gasteiger charge is -2.22. The quantitative estimate of drug-likeness (QED) is 0.724. The summed E-state index contributed by atoms with van der Waals surface area (Å²) in [5.74, 6) is 1.34. The van der Waals surface area contributed by atoms with Crippen LogP contribution in [-0.4, -0.2) is 49.7 Å². The Bertz CT molecular complexity index is 269. The van der Waals surface area contributed by atoms with E-state index in [1.54, 1.807) is 0 Å². The predicted octanol–water partition coefficient (Wildman–Crippen LogP) is 0.868. The van der Waals surface area contributed by atoms with Gasteiger partial charge in [-0.1, -0.05) is 13.8 Å². The molecular formula is C13H24N2O2. The molecule has 3 unspecified atom stereocenters. The van der Waals surface area contributed by atoms with E-state index in [0.717, 1.165) is 31.5 Å². The molecule has 1 saturated carbocycles. The average molecular weight is 240 g/mol. The average Bonchev–Trinajstić information content (AvgIpc) is 3.05. The summed E-state index contributed by atoms with van der Waals surface area (Å²) in [5, 5.41) is 3.38. The van der Waals surface area contributed by atoms with Gasteiger partial charge in [0.1, 0.15) is 6.04 Å². The number of hydrogen-bond acceptors (Lipinski definition) is 4. The Labute approximate surface area is 104 Å². The number of ether oxygens (including phenoxy) is 1. The summed E-state index contributed by atoms with van der Waals surface area (Å²) in [6.07, 6.45) is 2.39. The standard InChI is InChI=1S/C13H24N2O2/c1-9-6-15(7-10(9)2)8-12(13(16)17-3)14-11-4-5-11/h9-12,14H,4-8H2,1-3H3. The van der Waals surface area contributed by atoms with Crippen molar-refractivity contribution in [2.24, 2.45) is 11.8 Å². The molecule has 0 bridgehead atoms. The van der Waals surface area contributed by atoms with E-state index in [2.05, 4.69) is 24.1 Å². The van der Waals surface area contributed by atoms with Crippen molar-refractivity contribution in [2.75, 3.05) is 26.7 Å². The molecule has 2 rings (SSSR count). The molecular weight excluding hydrogens is 216 g/mol. The molecule has 1 N–H and O–H groups in total. The van der Waals surface area contributed by atoms with Crippen molar-refractivity contribution in [1.29, 1.82) is 0 Å². The highest BCUT2D eigenvalue weighted by Crippen LogP contribution is 2.23. The van der Waals surface area contributed by atoms with Gasteiger partial charge in [0.2, 0.25) is 0 Å². The Morgan fingerprint density at radius 1 is 1.35 bits per heavy atom. The first-order valence-electron chi connectivity index (χ1n) is 6.66. The summed E-state index contributed by atoms with van der Waals surface area (Å²) >= 11 is 0. The molecule has 0 radical (unpaired) electrons. The first-order valence-corrected chi connectivity index (χ1v) is 6.66. The molecule has 4 nitrogen and oxygen atoms in total. The van der Waals surface area contributed by atoms with Crippen LogP contribution in [0, 0.1) is 11.8 Å². The smallest absolute Gasteiger partial charge is 0.324 e. The number of methoxy groups -OCH3 is 1. The Kier molecular flexibility index (Phi) is 4.05. The largest absolute Gasteiger partial charge is 0.468 e. The molecule has 1 saturated heterocycles. The van der Waals surface area contributed by atoms with Gasteiger partial charge in [-0.25, -0.2) is 0 Å². The van der Waals surface area contributed by atoms with Crippen LogP contribution in [0.4, 0.5) is 0 Å². The van der Waals surface area contributed by atoms with Crippen molar-refractivity contribution in [2.45, 2.75) is 38.8 Å². The van der Waals surface area contributed by atoms with Crippen LogP contribution in [0.5, 0.6) is 0 Å². The number of carbonyl (C=O) groups is 1. The Balaban J connectivity index is 1.85. The van der Waals surface area contributed by atoms with Gasteiger partial charge in [-0.3, -0.25) is 4.79 Å². The minimum atomic E-state index is -0.148. The van der Waals surface area contributed by atoms with E-state index in [0.29, 0.717) is 6.04 Å². The van der Waals surface area contributed by atoms with Crippen molar-refractivity contribution in [3.8, 4) is 0 Å². The van der Waals surface area contributed by atoms with E-state index in [1.165, 1.54) is 20.0 Å². The number of carbonyl (C=O) groups excluding carboxylic acids is 1. The molecule has 3 atom stereocenters. The number of hydrogen-bond donors (Lipinski definition) is 1. The van der Waals surface area contributed by atoms with Crippen molar-refractivity contribution < 1.29 is 9.53 Å². The van der Waals surface area contributed by atoms with E-state index in [4.69, 9.17) is 4.74 Å². The second-order valence-corrected chi connectivity index (χ2v) is 5.69. The van der Waals surface area contributed by atoms with E-state index in [-0.39, 0.29) is 12.0 Å². The van der Waals surface area contributed by atoms with Gasteiger partial charge in [0.05, 0.1) is 7.11 Å². The predicted molar refractivity (Wildman–Crippen MR) is 66.7 cm³/mol. The Morgan fingerprint density at radius 2 is 1.94 bits per heavy atom. The summed E-state index contributed by atoms with van der Waals surface area (Å²) < 4.78 is 4.88. The van der Waals surface area contributed by atoms with Crippen LogP contribution in [0.2, 0.25) is 0 Å². The highest BCUT2D eigenvalue weighted by Gasteiger charge is 2.33. The van der Waals surface area contributed by atoms with Gasteiger partial charge in [0, 0.05) is 25.7 Å². The zero-order valence-electron chi connectivity index (χ0n) is 11.1. The summed E-state index contributed by atoms with van der Waals surface area (Å²) in [4.78, 5) is 14.1. The van der Waals surface area contributed by atoms with E-state index in [1.807, 2.05) is 0 Å². The minimum absolute atomic E-state index is 0.121. The molecule has 17 heavy (non-hydrogen) atoms. The maximum atomic E-state index is 11.7. The molecule has 0 aromatic heterocycles. The highest BCUT2D eigenvalue weighted by molar-refractivity contribution is 5.76. The van der Waals surface area contributed by atoms with Crippen LogP contribution in [0.15, 0.2) is 0 Å². The number of nitrogens with zero attached hydrogens (tertiary/aromatic N) is 1. The molecule has 1 aliphatic heterocycles. The van der Waals surface area contributed by atoms with Crippen molar-refractivity contribution in [3.05, 3.63) is 0 Å². The monoisotopic (exact) mass is 240 g/mol. The minimum Gasteiger partial charge on any atom is -0.468 e. The zero-order chi connectivity index (χ0) is 12.4. The molecule has 0 aromatic carbocycles. The zero-order valence-corrected chi connectivity index (χ0v) is 11.1. The van der Waals surface area contributed by atoms with Gasteiger partial charge >= 0.3 is 5.97 Å². The normalized spacial score (nSPS) is 31.5. The van der Waals surface area contributed by atoms with Gasteiger partial charge in [-0.05, 0) is 24.7 Å². The van der Waals surface area contributed by atoms with Gasteiger partial charge < -0.3 is 15.0 Å². The van der Waals surface area contributed by atoms with Crippen molar-refractivity contribution >= 4 is 5.97 Å². The van der Waals surface area contributed by atoms with Crippen LogP contribution >= 0.6 is 0 Å². The van der Waals surface area contributed by atoms with Gasteiger partial charge in [-0.15, -0.1) is 0 Å². The molecule has 0 spiro atoms. The number of rotatable bonds is 5. The fraction of sp³-hybridized carbons (Fsp3) is 0.923. The maximum absolute atomic E-state index is 11.7. The van der Waals surface area contributed by atoms with Crippen molar-refractivity contribution in [1.82, 2.24) is 10.2 Å². The molecule has 1 aliphatic carbocycles. The van der Waals surface area contributed by atoms with E-state index >= 15 is 0 Å². The fourth-order valence-electron chi connectivity index (χ4n) is 2.53. The first-order chi connectivity index (χ1) is 8.10. The summed E-state index contributed by atoms with van der Waals surface area (Å²) in [6, 6.07) is 0.390.